The van der Waals surface area contributed by atoms with E-state index in [1.807, 2.05) is 0 Å². The van der Waals surface area contributed by atoms with Crippen LogP contribution in [0.3, 0.4) is 0 Å². The van der Waals surface area contributed by atoms with Gasteiger partial charge in [-0.3, -0.25) is 9.69 Å². The Bertz CT molecular complexity index is 762. The van der Waals surface area contributed by atoms with Gasteiger partial charge in [0.1, 0.15) is 17.7 Å². The van der Waals surface area contributed by atoms with Gasteiger partial charge in [0, 0.05) is 19.0 Å². The van der Waals surface area contributed by atoms with Gasteiger partial charge >= 0.3 is 5.97 Å². The maximum absolute atomic E-state index is 13.4. The number of rotatable bonds is 14. The van der Waals surface area contributed by atoms with Gasteiger partial charge in [-0.05, 0) is 25.2 Å². The summed E-state index contributed by atoms with van der Waals surface area (Å²) < 4.78 is 0. The van der Waals surface area contributed by atoms with Crippen molar-refractivity contribution in [2.24, 2.45) is 32.3 Å². The van der Waals surface area contributed by atoms with E-state index in [-0.39, 0.29) is 23.9 Å². The highest BCUT2D eigenvalue weighted by atomic mass is 35.5. The molecule has 1 amide bonds. The van der Waals surface area contributed by atoms with Crippen LogP contribution in [0.2, 0.25) is 0 Å². The van der Waals surface area contributed by atoms with Gasteiger partial charge in [-0.1, -0.05) is 76.8 Å². The monoisotopic (exact) mass is 525 g/mol. The minimum atomic E-state index is -1.14. The molecule has 3 aliphatic heterocycles. The molecule has 0 aliphatic carbocycles. The molecule has 204 valence electrons. The fraction of sp³-hybridized carbons (Fsp3) is 0.920. The van der Waals surface area contributed by atoms with Crippen LogP contribution in [0.15, 0.2) is 20.5 Å². The fourth-order valence-corrected chi connectivity index (χ4v) is 5.88. The number of azo groups is 2. The van der Waals surface area contributed by atoms with Crippen molar-refractivity contribution in [3.8, 4) is 0 Å². The molecule has 0 bridgehead atoms. The molecule has 1 fully saturated rings. The third-order valence-corrected chi connectivity index (χ3v) is 8.09. The van der Waals surface area contributed by atoms with Crippen LogP contribution in [-0.4, -0.2) is 71.4 Å². The highest BCUT2D eigenvalue weighted by Crippen LogP contribution is 2.33. The van der Waals surface area contributed by atoms with E-state index in [0.717, 1.165) is 51.9 Å². The summed E-state index contributed by atoms with van der Waals surface area (Å²) in [6.45, 7) is 6.97. The summed E-state index contributed by atoms with van der Waals surface area (Å²) in [5.74, 6) is -1.45. The maximum atomic E-state index is 13.4. The molecule has 3 aliphatic rings. The molecule has 36 heavy (non-hydrogen) atoms. The number of unbranched alkanes of at least 4 members (excludes halogenated alkanes) is 6. The number of hydrogen-bond acceptors (Lipinski definition) is 8. The van der Waals surface area contributed by atoms with Crippen molar-refractivity contribution in [1.29, 1.82) is 0 Å². The van der Waals surface area contributed by atoms with Crippen LogP contribution in [0.5, 0.6) is 0 Å². The van der Waals surface area contributed by atoms with E-state index in [9.17, 15) is 14.7 Å². The molecule has 0 saturated carbocycles. The number of alkyl halides is 1. The van der Waals surface area contributed by atoms with Crippen LogP contribution in [0.25, 0.3) is 0 Å². The lowest BCUT2D eigenvalue weighted by Gasteiger charge is -2.37. The van der Waals surface area contributed by atoms with Gasteiger partial charge in [0.2, 0.25) is 5.91 Å². The predicted octanol–water partition coefficient (Wildman–Crippen LogP) is 4.54. The van der Waals surface area contributed by atoms with Crippen LogP contribution in [0, 0.1) is 11.8 Å². The van der Waals surface area contributed by atoms with Crippen LogP contribution in [0.1, 0.15) is 84.5 Å². The number of carbonyl (C=O) groups is 2. The van der Waals surface area contributed by atoms with E-state index in [1.54, 1.807) is 0 Å². The predicted molar refractivity (Wildman–Crippen MR) is 139 cm³/mol. The largest absolute Gasteiger partial charge is 0.480 e. The first kappa shape index (κ1) is 28.9. The number of halogens is 1. The van der Waals surface area contributed by atoms with Crippen LogP contribution in [-0.2, 0) is 9.59 Å². The van der Waals surface area contributed by atoms with E-state index in [4.69, 9.17) is 11.6 Å². The molecular weight excluding hydrogens is 482 g/mol. The first-order chi connectivity index (χ1) is 17.5. The minimum absolute atomic E-state index is 0.0144. The summed E-state index contributed by atoms with van der Waals surface area (Å²) in [7, 11) is 0. The molecular formula is C25H44ClN7O3. The summed E-state index contributed by atoms with van der Waals surface area (Å²) in [5, 5.41) is 33.1. The van der Waals surface area contributed by atoms with E-state index in [1.165, 1.54) is 25.7 Å². The molecule has 0 aromatic carbocycles. The second-order valence-corrected chi connectivity index (χ2v) is 10.9. The second-order valence-electron chi connectivity index (χ2n) is 10.4. The van der Waals surface area contributed by atoms with Gasteiger partial charge in [-0.15, -0.1) is 0 Å². The molecule has 3 N–H and O–H groups in total. The topological polar surface area (TPSA) is 131 Å². The Balaban J connectivity index is 1.69. The highest BCUT2D eigenvalue weighted by Gasteiger charge is 2.44. The maximum Gasteiger partial charge on any atom is 0.332 e. The normalized spacial score (nSPS) is 32.6. The Hall–Kier alpha value is -1.65. The Kier molecular flexibility index (Phi) is 12.0. The average Bonchev–Trinajstić information content (AvgIpc) is 3.40. The quantitative estimate of drug-likeness (QED) is 0.174. The molecule has 3 rings (SSSR count). The Labute approximate surface area is 220 Å². The van der Waals surface area contributed by atoms with Gasteiger partial charge in [0.25, 0.3) is 0 Å². The molecule has 10 nitrogen and oxygen atoms in total. The van der Waals surface area contributed by atoms with Crippen LogP contribution >= 0.6 is 11.6 Å². The minimum Gasteiger partial charge on any atom is -0.480 e. The summed E-state index contributed by atoms with van der Waals surface area (Å²) in [6.07, 6.45) is 11.2. The molecule has 7 unspecified atom stereocenters. The number of carbonyl (C=O) groups excluding carboxylic acids is 1. The standard InChI is InChI=1S/C25H44ClN7O3/c1-3-5-7-8-10-11-17-15-19(29-32-23(17)33-14-13-27-16-33)24(34)28-20-18(12-9-6-4-2)22(26)31-30-21(20)25(35)36/h17-23,27H,3-16H2,1-2H3,(H,28,34)(H,35,36). The van der Waals surface area contributed by atoms with Gasteiger partial charge < -0.3 is 15.7 Å². The van der Waals surface area contributed by atoms with E-state index < -0.39 is 29.6 Å². The number of aliphatic carboxylic acids is 1. The van der Waals surface area contributed by atoms with Crippen molar-refractivity contribution in [1.82, 2.24) is 15.5 Å². The number of nitrogens with zero attached hydrogens (tertiary/aromatic N) is 5. The number of carboxylic acids is 1. The second kappa shape index (κ2) is 14.9. The number of hydrogen-bond donors (Lipinski definition) is 3. The molecule has 0 radical (unpaired) electrons. The molecule has 0 aromatic heterocycles. The highest BCUT2D eigenvalue weighted by molar-refractivity contribution is 6.20. The zero-order valence-corrected chi connectivity index (χ0v) is 22.6. The van der Waals surface area contributed by atoms with E-state index >= 15 is 0 Å². The molecule has 1 saturated heterocycles. The Morgan fingerprint density at radius 2 is 1.72 bits per heavy atom. The van der Waals surface area contributed by atoms with Gasteiger partial charge in [-0.2, -0.15) is 20.5 Å². The van der Waals surface area contributed by atoms with Crippen molar-refractivity contribution in [2.45, 2.75) is 114 Å². The van der Waals surface area contributed by atoms with Gasteiger partial charge in [0.05, 0.1) is 12.7 Å². The number of carboxylic acid groups (broad SMARTS) is 1. The molecule has 0 aromatic rings. The molecule has 7 atom stereocenters. The molecule has 0 spiro atoms. The lowest BCUT2D eigenvalue weighted by Crippen LogP contribution is -2.56. The van der Waals surface area contributed by atoms with Crippen molar-refractivity contribution in [3.63, 3.8) is 0 Å². The fourth-order valence-electron chi connectivity index (χ4n) is 5.55. The van der Waals surface area contributed by atoms with Crippen molar-refractivity contribution < 1.29 is 14.7 Å². The average molecular weight is 526 g/mol. The Morgan fingerprint density at radius 3 is 2.42 bits per heavy atom. The third kappa shape index (κ3) is 7.92. The van der Waals surface area contributed by atoms with Crippen molar-refractivity contribution in [3.05, 3.63) is 0 Å². The zero-order valence-electron chi connectivity index (χ0n) is 21.8. The lowest BCUT2D eigenvalue weighted by atomic mass is 9.86. The zero-order chi connectivity index (χ0) is 25.9. The number of amides is 1. The Morgan fingerprint density at radius 1 is 1.00 bits per heavy atom. The van der Waals surface area contributed by atoms with Crippen molar-refractivity contribution in [2.75, 3.05) is 19.8 Å². The van der Waals surface area contributed by atoms with E-state index in [2.05, 4.69) is 49.8 Å². The molecule has 3 heterocycles. The summed E-state index contributed by atoms with van der Waals surface area (Å²) >= 11 is 6.45. The van der Waals surface area contributed by atoms with Crippen LogP contribution in [0.4, 0.5) is 0 Å². The first-order valence-electron chi connectivity index (χ1n) is 13.9. The van der Waals surface area contributed by atoms with Gasteiger partial charge in [0.15, 0.2) is 6.04 Å². The SMILES string of the molecule is CCCCCCCC1CC(C(=O)NC2C(C(=O)O)N=NC(Cl)C2CCCCC)N=NC1N1CCNC1. The lowest BCUT2D eigenvalue weighted by molar-refractivity contribution is -0.140. The smallest absolute Gasteiger partial charge is 0.332 e. The summed E-state index contributed by atoms with van der Waals surface area (Å²) in [4.78, 5) is 27.6. The summed E-state index contributed by atoms with van der Waals surface area (Å²) in [5.41, 5.74) is -0.654. The number of nitrogens with one attached hydrogen (secondary N) is 2. The van der Waals surface area contributed by atoms with E-state index in [0.29, 0.717) is 12.8 Å². The summed E-state index contributed by atoms with van der Waals surface area (Å²) in [6, 6.07) is -2.49. The van der Waals surface area contributed by atoms with Crippen molar-refractivity contribution >= 4 is 23.5 Å². The third-order valence-electron chi connectivity index (χ3n) is 7.68. The van der Waals surface area contributed by atoms with Crippen LogP contribution < -0.4 is 10.6 Å². The molecule has 11 heteroatoms. The first-order valence-corrected chi connectivity index (χ1v) is 14.3. The van der Waals surface area contributed by atoms with Gasteiger partial charge in [-0.25, -0.2) is 4.79 Å².